The van der Waals surface area contributed by atoms with Crippen LogP contribution in [0.1, 0.15) is 23.2 Å². The maximum Gasteiger partial charge on any atom is 0.262 e. The molecule has 3 aromatic carbocycles. The van der Waals surface area contributed by atoms with Gasteiger partial charge in [0, 0.05) is 12.1 Å². The number of rotatable bonds is 11. The molecule has 0 saturated heterocycles. The molecular weight excluding hydrogens is 447 g/mol. The lowest BCUT2D eigenvalue weighted by Gasteiger charge is -2.12. The molecule has 0 radical (unpaired) electrons. The number of nitrogens with one attached hydrogen (secondary N) is 2. The van der Waals surface area contributed by atoms with Crippen molar-refractivity contribution in [2.75, 3.05) is 25.0 Å². The lowest BCUT2D eigenvalue weighted by atomic mass is 10.2. The van der Waals surface area contributed by atoms with Crippen molar-refractivity contribution in [3.8, 4) is 11.5 Å². The predicted molar refractivity (Wildman–Crippen MR) is 124 cm³/mol. The van der Waals surface area contributed by atoms with E-state index in [0.29, 0.717) is 43.2 Å². The van der Waals surface area contributed by atoms with Gasteiger partial charge < -0.3 is 14.8 Å². The molecule has 33 heavy (non-hydrogen) atoms. The van der Waals surface area contributed by atoms with Crippen molar-refractivity contribution < 1.29 is 27.1 Å². The molecule has 0 aliphatic rings. The van der Waals surface area contributed by atoms with E-state index < -0.39 is 10.0 Å². The van der Waals surface area contributed by atoms with Crippen LogP contribution in [0.25, 0.3) is 0 Å². The van der Waals surface area contributed by atoms with Crippen LogP contribution < -0.4 is 19.5 Å². The first-order valence-corrected chi connectivity index (χ1v) is 11.8. The Bertz CT molecular complexity index is 1180. The van der Waals surface area contributed by atoms with E-state index in [-0.39, 0.29) is 22.2 Å². The van der Waals surface area contributed by atoms with E-state index in [9.17, 15) is 17.6 Å². The van der Waals surface area contributed by atoms with Gasteiger partial charge in [-0.15, -0.1) is 0 Å². The van der Waals surface area contributed by atoms with E-state index in [2.05, 4.69) is 10.0 Å². The molecule has 0 atom stereocenters. The fraction of sp³-hybridized carbons (Fsp3) is 0.208. The van der Waals surface area contributed by atoms with Crippen LogP contribution in [-0.4, -0.2) is 34.6 Å². The molecule has 3 rings (SSSR count). The Hall–Kier alpha value is -3.59. The average Bonchev–Trinajstić information content (AvgIpc) is 2.82. The summed E-state index contributed by atoms with van der Waals surface area (Å²) in [4.78, 5) is 12.4. The standard InChI is InChI=1S/C24H25FN2O5S/c1-31-23-10-3-2-9-22(23)27-33(29,30)21-8-6-7-18(17-21)24(28)26-15-4-5-16-32-20-13-11-19(25)12-14-20/h2-3,6-14,17,27H,4-5,15-16H2,1H3,(H,26,28). The number of benzene rings is 3. The second kappa shape index (κ2) is 11.3. The largest absolute Gasteiger partial charge is 0.495 e. The number of halogens is 1. The van der Waals surface area contributed by atoms with Crippen LogP contribution in [0.5, 0.6) is 11.5 Å². The van der Waals surface area contributed by atoms with Gasteiger partial charge in [-0.25, -0.2) is 12.8 Å². The fourth-order valence-electron chi connectivity index (χ4n) is 2.99. The predicted octanol–water partition coefficient (Wildman–Crippen LogP) is 4.22. The Labute approximate surface area is 192 Å². The summed E-state index contributed by atoms with van der Waals surface area (Å²) >= 11 is 0. The molecule has 7 nitrogen and oxygen atoms in total. The number of methoxy groups -OCH3 is 1. The normalized spacial score (nSPS) is 11.0. The molecule has 0 aromatic heterocycles. The topological polar surface area (TPSA) is 93.7 Å². The van der Waals surface area contributed by atoms with E-state index in [0.717, 1.165) is 0 Å². The summed E-state index contributed by atoms with van der Waals surface area (Å²) in [5, 5.41) is 2.77. The van der Waals surface area contributed by atoms with Gasteiger partial charge in [0.25, 0.3) is 15.9 Å². The summed E-state index contributed by atoms with van der Waals surface area (Å²) < 4.78 is 51.6. The van der Waals surface area contributed by atoms with Gasteiger partial charge in [-0.2, -0.15) is 0 Å². The van der Waals surface area contributed by atoms with E-state index in [1.54, 1.807) is 42.5 Å². The molecule has 0 spiro atoms. The minimum atomic E-state index is -3.91. The number of carbonyl (C=O) groups is 1. The number of anilines is 1. The third-order valence-corrected chi connectivity index (χ3v) is 6.06. The van der Waals surface area contributed by atoms with Crippen LogP contribution in [0.3, 0.4) is 0 Å². The molecule has 0 fully saturated rings. The zero-order valence-electron chi connectivity index (χ0n) is 18.1. The Morgan fingerprint density at radius 2 is 1.73 bits per heavy atom. The number of sulfonamides is 1. The van der Waals surface area contributed by atoms with Crippen molar-refractivity contribution in [2.45, 2.75) is 17.7 Å². The van der Waals surface area contributed by atoms with E-state index in [1.807, 2.05) is 0 Å². The molecule has 1 amide bonds. The van der Waals surface area contributed by atoms with Crippen molar-refractivity contribution in [3.05, 3.63) is 84.2 Å². The maximum absolute atomic E-state index is 12.9. The molecule has 0 saturated carbocycles. The number of hydrogen-bond donors (Lipinski definition) is 2. The summed E-state index contributed by atoms with van der Waals surface area (Å²) in [7, 11) is -2.46. The van der Waals surface area contributed by atoms with Gasteiger partial charge in [-0.3, -0.25) is 9.52 Å². The number of carbonyl (C=O) groups excluding carboxylic acids is 1. The Balaban J connectivity index is 1.51. The first kappa shape index (κ1) is 24.1. The third-order valence-electron chi connectivity index (χ3n) is 4.70. The first-order valence-electron chi connectivity index (χ1n) is 10.3. The van der Waals surface area contributed by atoms with Crippen LogP contribution in [0.4, 0.5) is 10.1 Å². The molecule has 0 bridgehead atoms. The second-order valence-corrected chi connectivity index (χ2v) is 8.78. The highest BCUT2D eigenvalue weighted by Crippen LogP contribution is 2.26. The number of hydrogen-bond acceptors (Lipinski definition) is 5. The molecule has 174 valence electrons. The minimum absolute atomic E-state index is 0.0336. The van der Waals surface area contributed by atoms with Gasteiger partial charge in [-0.1, -0.05) is 18.2 Å². The van der Waals surface area contributed by atoms with Crippen molar-refractivity contribution in [1.82, 2.24) is 5.32 Å². The molecule has 9 heteroatoms. The number of para-hydroxylation sites is 2. The van der Waals surface area contributed by atoms with Crippen LogP contribution in [0.2, 0.25) is 0 Å². The van der Waals surface area contributed by atoms with Gasteiger partial charge in [0.2, 0.25) is 0 Å². The Kier molecular flexibility index (Phi) is 8.26. The highest BCUT2D eigenvalue weighted by atomic mass is 32.2. The van der Waals surface area contributed by atoms with Crippen LogP contribution >= 0.6 is 0 Å². The SMILES string of the molecule is COc1ccccc1NS(=O)(=O)c1cccc(C(=O)NCCCCOc2ccc(F)cc2)c1. The van der Waals surface area contributed by atoms with Crippen molar-refractivity contribution in [3.63, 3.8) is 0 Å². The average molecular weight is 473 g/mol. The van der Waals surface area contributed by atoms with E-state index >= 15 is 0 Å². The zero-order chi connectivity index (χ0) is 23.7. The lowest BCUT2D eigenvalue weighted by molar-refractivity contribution is 0.0952. The molecule has 3 aromatic rings. The first-order chi connectivity index (χ1) is 15.9. The number of ether oxygens (including phenoxy) is 2. The van der Waals surface area contributed by atoms with Crippen LogP contribution in [0, 0.1) is 5.82 Å². The van der Waals surface area contributed by atoms with Crippen LogP contribution in [-0.2, 0) is 10.0 Å². The zero-order valence-corrected chi connectivity index (χ0v) is 18.9. The molecule has 0 unspecified atom stereocenters. The monoisotopic (exact) mass is 472 g/mol. The van der Waals surface area contributed by atoms with Gasteiger partial charge in [-0.05, 0) is 67.4 Å². The van der Waals surface area contributed by atoms with Gasteiger partial charge in [0.15, 0.2) is 0 Å². The quantitative estimate of drug-likeness (QED) is 0.408. The van der Waals surface area contributed by atoms with Gasteiger partial charge in [0.05, 0.1) is 24.3 Å². The molecular formula is C24H25FN2O5S. The molecule has 0 heterocycles. The number of unbranched alkanes of at least 4 members (excludes halogenated alkanes) is 1. The summed E-state index contributed by atoms with van der Waals surface area (Å²) in [6.45, 7) is 0.839. The second-order valence-electron chi connectivity index (χ2n) is 7.10. The summed E-state index contributed by atoms with van der Waals surface area (Å²) in [6.07, 6.45) is 1.36. The van der Waals surface area contributed by atoms with Crippen molar-refractivity contribution in [2.24, 2.45) is 0 Å². The van der Waals surface area contributed by atoms with Gasteiger partial charge in [0.1, 0.15) is 17.3 Å². The number of amides is 1. The van der Waals surface area contributed by atoms with E-state index in [1.165, 1.54) is 37.4 Å². The molecule has 0 aliphatic carbocycles. The summed E-state index contributed by atoms with van der Waals surface area (Å²) in [5.74, 6) is 0.278. The summed E-state index contributed by atoms with van der Waals surface area (Å²) in [5.41, 5.74) is 0.540. The fourth-order valence-corrected chi connectivity index (χ4v) is 4.10. The maximum atomic E-state index is 12.9. The Morgan fingerprint density at radius 3 is 2.48 bits per heavy atom. The summed E-state index contributed by atoms with van der Waals surface area (Å²) in [6, 6.07) is 18.2. The lowest BCUT2D eigenvalue weighted by Crippen LogP contribution is -2.25. The van der Waals surface area contributed by atoms with E-state index in [4.69, 9.17) is 9.47 Å². The third kappa shape index (κ3) is 6.95. The van der Waals surface area contributed by atoms with Gasteiger partial charge >= 0.3 is 0 Å². The van der Waals surface area contributed by atoms with Crippen LogP contribution in [0.15, 0.2) is 77.7 Å². The highest BCUT2D eigenvalue weighted by molar-refractivity contribution is 7.92. The molecule has 2 N–H and O–H groups in total. The highest BCUT2D eigenvalue weighted by Gasteiger charge is 2.18. The smallest absolute Gasteiger partial charge is 0.262 e. The van der Waals surface area contributed by atoms with Crippen molar-refractivity contribution in [1.29, 1.82) is 0 Å². The molecule has 0 aliphatic heterocycles. The van der Waals surface area contributed by atoms with Crippen molar-refractivity contribution >= 4 is 21.6 Å². The Morgan fingerprint density at radius 1 is 0.970 bits per heavy atom. The minimum Gasteiger partial charge on any atom is -0.495 e.